The molecule has 0 aliphatic heterocycles. The molecular weight excluding hydrogens is 248 g/mol. The number of benzene rings is 1. The second kappa shape index (κ2) is 4.86. The fraction of sp³-hybridized carbons (Fsp3) is 0.250. The molecule has 2 aromatic heterocycles. The van der Waals surface area contributed by atoms with E-state index in [1.54, 1.807) is 6.20 Å². The van der Waals surface area contributed by atoms with E-state index in [0.717, 1.165) is 28.0 Å². The van der Waals surface area contributed by atoms with Gasteiger partial charge in [-0.3, -0.25) is 0 Å². The van der Waals surface area contributed by atoms with E-state index < -0.39 is 0 Å². The monoisotopic (exact) mass is 264 g/mol. The van der Waals surface area contributed by atoms with E-state index >= 15 is 0 Å². The molecule has 0 amide bonds. The lowest BCUT2D eigenvalue weighted by atomic mass is 9.97. The van der Waals surface area contributed by atoms with Gasteiger partial charge in [-0.15, -0.1) is 0 Å². The van der Waals surface area contributed by atoms with Crippen LogP contribution in [-0.4, -0.2) is 15.0 Å². The second-order valence-electron chi connectivity index (χ2n) is 5.28. The first kappa shape index (κ1) is 12.5. The molecule has 3 aromatic rings. The zero-order valence-electron chi connectivity index (χ0n) is 11.5. The highest BCUT2D eigenvalue weighted by Gasteiger charge is 2.19. The topological polar surface area (TPSA) is 68.3 Å². The summed E-state index contributed by atoms with van der Waals surface area (Å²) in [5.41, 5.74) is 3.12. The van der Waals surface area contributed by atoms with Crippen molar-refractivity contribution in [1.29, 1.82) is 5.26 Å². The van der Waals surface area contributed by atoms with Crippen molar-refractivity contribution in [3.8, 4) is 17.3 Å². The van der Waals surface area contributed by atoms with Gasteiger partial charge in [0, 0.05) is 22.7 Å². The number of hydrogen-bond acceptors (Lipinski definition) is 2. The molecule has 0 radical (unpaired) electrons. The van der Waals surface area contributed by atoms with Gasteiger partial charge in [-0.2, -0.15) is 5.26 Å². The van der Waals surface area contributed by atoms with E-state index in [9.17, 15) is 5.26 Å². The number of nitrogens with one attached hydrogen (secondary N) is 2. The van der Waals surface area contributed by atoms with Gasteiger partial charge in [0.05, 0.1) is 18.0 Å². The van der Waals surface area contributed by atoms with E-state index in [0.29, 0.717) is 0 Å². The summed E-state index contributed by atoms with van der Waals surface area (Å²) in [6.07, 6.45) is 3.77. The quantitative estimate of drug-likeness (QED) is 0.755. The number of aromatic amines is 2. The van der Waals surface area contributed by atoms with Crippen LogP contribution in [0.15, 0.2) is 36.7 Å². The van der Waals surface area contributed by atoms with Gasteiger partial charge in [-0.1, -0.05) is 32.0 Å². The minimum atomic E-state index is -0.200. The van der Waals surface area contributed by atoms with Crippen LogP contribution in [0.3, 0.4) is 0 Å². The Morgan fingerprint density at radius 1 is 1.25 bits per heavy atom. The number of hydrogen-bond donors (Lipinski definition) is 2. The Hall–Kier alpha value is -2.54. The first-order valence-electron chi connectivity index (χ1n) is 6.71. The Morgan fingerprint density at radius 2 is 2.05 bits per heavy atom. The van der Waals surface area contributed by atoms with Crippen molar-refractivity contribution in [3.05, 3.63) is 42.5 Å². The zero-order valence-corrected chi connectivity index (χ0v) is 11.5. The van der Waals surface area contributed by atoms with E-state index in [4.69, 9.17) is 0 Å². The molecule has 1 atom stereocenters. The van der Waals surface area contributed by atoms with Crippen LogP contribution < -0.4 is 0 Å². The standard InChI is InChI=1S/C16H16N4/c1-10(2)12(7-17)16-19-9-15(20-16)13-8-18-14-6-4-3-5-11(13)14/h3-6,8-10,12,18H,1-2H3,(H,19,20). The number of imidazole rings is 1. The highest BCUT2D eigenvalue weighted by molar-refractivity contribution is 5.94. The minimum absolute atomic E-state index is 0.200. The SMILES string of the molecule is CC(C)C(C#N)c1ncc(-c2c[nH]c3ccccc23)[nH]1. The number of nitrogens with zero attached hydrogens (tertiary/aromatic N) is 2. The number of nitriles is 1. The summed E-state index contributed by atoms with van der Waals surface area (Å²) >= 11 is 0. The summed E-state index contributed by atoms with van der Waals surface area (Å²) in [4.78, 5) is 10.9. The molecular formula is C16H16N4. The van der Waals surface area contributed by atoms with Crippen molar-refractivity contribution >= 4 is 10.9 Å². The molecule has 0 spiro atoms. The summed E-state index contributed by atoms with van der Waals surface area (Å²) in [6, 6.07) is 10.5. The van der Waals surface area contributed by atoms with Crippen molar-refractivity contribution in [2.24, 2.45) is 5.92 Å². The summed E-state index contributed by atoms with van der Waals surface area (Å²) in [5.74, 6) is 0.777. The fourth-order valence-electron chi connectivity index (χ4n) is 2.45. The molecule has 0 aliphatic carbocycles. The average molecular weight is 264 g/mol. The highest BCUT2D eigenvalue weighted by atomic mass is 14.9. The number of H-pyrrole nitrogens is 2. The van der Waals surface area contributed by atoms with Crippen LogP contribution in [-0.2, 0) is 0 Å². The van der Waals surface area contributed by atoms with Gasteiger partial charge >= 0.3 is 0 Å². The molecule has 0 bridgehead atoms. The molecule has 3 rings (SSSR count). The maximum Gasteiger partial charge on any atom is 0.124 e. The highest BCUT2D eigenvalue weighted by Crippen LogP contribution is 2.29. The Labute approximate surface area is 117 Å². The third-order valence-electron chi connectivity index (χ3n) is 3.58. The summed E-state index contributed by atoms with van der Waals surface area (Å²) in [5, 5.41) is 10.4. The number of aromatic nitrogens is 3. The van der Waals surface area contributed by atoms with Crippen LogP contribution in [0.25, 0.3) is 22.2 Å². The predicted octanol–water partition coefficient (Wildman–Crippen LogP) is 3.82. The molecule has 20 heavy (non-hydrogen) atoms. The van der Waals surface area contributed by atoms with Crippen LogP contribution in [0.1, 0.15) is 25.6 Å². The van der Waals surface area contributed by atoms with Crippen LogP contribution in [0.2, 0.25) is 0 Å². The molecule has 0 fully saturated rings. The number of para-hydroxylation sites is 1. The summed E-state index contributed by atoms with van der Waals surface area (Å²) in [6.45, 7) is 4.06. The second-order valence-corrected chi connectivity index (χ2v) is 5.28. The maximum absolute atomic E-state index is 9.25. The van der Waals surface area contributed by atoms with Gasteiger partial charge < -0.3 is 9.97 Å². The Morgan fingerprint density at radius 3 is 2.80 bits per heavy atom. The molecule has 4 nitrogen and oxygen atoms in total. The molecule has 0 aliphatic rings. The molecule has 4 heteroatoms. The summed E-state index contributed by atoms with van der Waals surface area (Å²) < 4.78 is 0. The van der Waals surface area contributed by atoms with Gasteiger partial charge in [-0.05, 0) is 12.0 Å². The normalized spacial score (nSPS) is 12.7. The first-order chi connectivity index (χ1) is 9.70. The Kier molecular flexibility index (Phi) is 3.03. The van der Waals surface area contributed by atoms with Crippen LogP contribution in [0.5, 0.6) is 0 Å². The first-order valence-corrected chi connectivity index (χ1v) is 6.71. The number of fused-ring (bicyclic) bond motifs is 1. The molecule has 0 saturated carbocycles. The van der Waals surface area contributed by atoms with Gasteiger partial charge in [-0.25, -0.2) is 4.98 Å². The lowest BCUT2D eigenvalue weighted by Crippen LogP contribution is -2.05. The molecule has 0 saturated heterocycles. The maximum atomic E-state index is 9.25. The van der Waals surface area contributed by atoms with Crippen LogP contribution >= 0.6 is 0 Å². The van der Waals surface area contributed by atoms with Crippen molar-refractivity contribution in [3.63, 3.8) is 0 Å². The fourth-order valence-corrected chi connectivity index (χ4v) is 2.45. The molecule has 1 unspecified atom stereocenters. The molecule has 100 valence electrons. The lowest BCUT2D eigenvalue weighted by Gasteiger charge is -2.09. The van der Waals surface area contributed by atoms with E-state index in [-0.39, 0.29) is 11.8 Å². The van der Waals surface area contributed by atoms with Crippen LogP contribution in [0.4, 0.5) is 0 Å². The third kappa shape index (κ3) is 1.97. The Balaban J connectivity index is 2.04. The van der Waals surface area contributed by atoms with Crippen molar-refractivity contribution < 1.29 is 0 Å². The van der Waals surface area contributed by atoms with E-state index in [1.807, 2.05) is 38.2 Å². The minimum Gasteiger partial charge on any atom is -0.360 e. The van der Waals surface area contributed by atoms with Crippen molar-refractivity contribution in [2.75, 3.05) is 0 Å². The van der Waals surface area contributed by atoms with Crippen molar-refractivity contribution in [1.82, 2.24) is 15.0 Å². The van der Waals surface area contributed by atoms with E-state index in [2.05, 4.69) is 27.1 Å². The largest absolute Gasteiger partial charge is 0.360 e. The van der Waals surface area contributed by atoms with Crippen LogP contribution in [0, 0.1) is 17.2 Å². The third-order valence-corrected chi connectivity index (χ3v) is 3.58. The zero-order chi connectivity index (χ0) is 14.1. The van der Waals surface area contributed by atoms with Gasteiger partial charge in [0.1, 0.15) is 11.7 Å². The Bertz CT molecular complexity index is 773. The molecule has 1 aromatic carbocycles. The lowest BCUT2D eigenvalue weighted by molar-refractivity contribution is 0.566. The van der Waals surface area contributed by atoms with E-state index in [1.165, 1.54) is 0 Å². The predicted molar refractivity (Wildman–Crippen MR) is 79.1 cm³/mol. The average Bonchev–Trinajstić information content (AvgIpc) is 3.05. The van der Waals surface area contributed by atoms with Crippen molar-refractivity contribution in [2.45, 2.75) is 19.8 Å². The number of rotatable bonds is 3. The van der Waals surface area contributed by atoms with Gasteiger partial charge in [0.15, 0.2) is 0 Å². The summed E-state index contributed by atoms with van der Waals surface area (Å²) in [7, 11) is 0. The molecule has 2 heterocycles. The van der Waals surface area contributed by atoms with Gasteiger partial charge in [0.25, 0.3) is 0 Å². The molecule has 2 N–H and O–H groups in total. The van der Waals surface area contributed by atoms with Gasteiger partial charge in [0.2, 0.25) is 0 Å². The smallest absolute Gasteiger partial charge is 0.124 e.